The fourth-order valence-corrected chi connectivity index (χ4v) is 2.61. The molecule has 5 heteroatoms. The first-order chi connectivity index (χ1) is 9.11. The largest absolute Gasteiger partial charge is 0.495 e. The number of nitrogens with zero attached hydrogens (tertiary/aromatic N) is 3. The van der Waals surface area contributed by atoms with Gasteiger partial charge in [-0.25, -0.2) is 0 Å². The zero-order valence-electron chi connectivity index (χ0n) is 12.0. The van der Waals surface area contributed by atoms with Gasteiger partial charge in [-0.1, -0.05) is 0 Å². The molecule has 19 heavy (non-hydrogen) atoms. The van der Waals surface area contributed by atoms with Crippen LogP contribution in [0.1, 0.15) is 18.2 Å². The average molecular weight is 264 g/mol. The number of hydrogen-bond acceptors (Lipinski definition) is 5. The molecule has 2 atom stereocenters. The summed E-state index contributed by atoms with van der Waals surface area (Å²) in [6.45, 7) is 3.27. The Balaban J connectivity index is 2.05. The second-order valence-electron chi connectivity index (χ2n) is 5.33. The highest BCUT2D eigenvalue weighted by molar-refractivity contribution is 5.29. The first-order valence-corrected chi connectivity index (χ1v) is 6.75. The summed E-state index contributed by atoms with van der Waals surface area (Å²) in [5, 5.41) is 0. The SMILES string of the molecule is COc1cccnc1C(N)CC1CN(C)CCN1C. The first-order valence-electron chi connectivity index (χ1n) is 6.75. The monoisotopic (exact) mass is 264 g/mol. The summed E-state index contributed by atoms with van der Waals surface area (Å²) in [5.41, 5.74) is 7.18. The maximum atomic E-state index is 6.32. The Morgan fingerprint density at radius 3 is 3.00 bits per heavy atom. The Hall–Kier alpha value is -1.17. The molecule has 0 aromatic carbocycles. The summed E-state index contributed by atoms with van der Waals surface area (Å²) in [6.07, 6.45) is 2.67. The van der Waals surface area contributed by atoms with E-state index in [0.717, 1.165) is 37.5 Å². The van der Waals surface area contributed by atoms with Crippen LogP contribution in [0, 0.1) is 0 Å². The minimum atomic E-state index is -0.0879. The van der Waals surface area contributed by atoms with E-state index in [1.807, 2.05) is 12.1 Å². The Bertz CT molecular complexity index is 412. The van der Waals surface area contributed by atoms with Crippen LogP contribution in [0.3, 0.4) is 0 Å². The lowest BCUT2D eigenvalue weighted by molar-refractivity contribution is 0.104. The molecule has 0 saturated carbocycles. The highest BCUT2D eigenvalue weighted by Gasteiger charge is 2.26. The van der Waals surface area contributed by atoms with Crippen LogP contribution < -0.4 is 10.5 Å². The van der Waals surface area contributed by atoms with Crippen LogP contribution in [0.15, 0.2) is 18.3 Å². The third-order valence-electron chi connectivity index (χ3n) is 3.88. The van der Waals surface area contributed by atoms with Gasteiger partial charge in [0.2, 0.25) is 0 Å². The van der Waals surface area contributed by atoms with Crippen LogP contribution in [0.2, 0.25) is 0 Å². The van der Waals surface area contributed by atoms with Crippen molar-refractivity contribution >= 4 is 0 Å². The van der Waals surface area contributed by atoms with Crippen LogP contribution in [0.5, 0.6) is 5.75 Å². The molecule has 0 bridgehead atoms. The lowest BCUT2D eigenvalue weighted by Crippen LogP contribution is -2.50. The molecule has 5 nitrogen and oxygen atoms in total. The Labute approximate surface area is 115 Å². The van der Waals surface area contributed by atoms with Crippen LogP contribution in [0.4, 0.5) is 0 Å². The molecule has 2 heterocycles. The smallest absolute Gasteiger partial charge is 0.141 e. The van der Waals surface area contributed by atoms with Crippen LogP contribution in [-0.4, -0.2) is 61.7 Å². The number of nitrogens with two attached hydrogens (primary N) is 1. The Morgan fingerprint density at radius 2 is 2.26 bits per heavy atom. The molecule has 0 radical (unpaired) electrons. The molecular weight excluding hydrogens is 240 g/mol. The second kappa shape index (κ2) is 6.32. The number of aromatic nitrogens is 1. The molecule has 106 valence electrons. The highest BCUT2D eigenvalue weighted by atomic mass is 16.5. The standard InChI is InChI=1S/C14H24N4O/c1-17-7-8-18(2)11(10-17)9-12(15)14-13(19-3)5-4-6-16-14/h4-6,11-12H,7-10,15H2,1-3H3. The van der Waals surface area contributed by atoms with Gasteiger partial charge in [0.15, 0.2) is 0 Å². The summed E-state index contributed by atoms with van der Waals surface area (Å²) in [5.74, 6) is 0.779. The van der Waals surface area contributed by atoms with Gasteiger partial charge in [0, 0.05) is 31.9 Å². The van der Waals surface area contributed by atoms with Crippen molar-refractivity contribution in [2.24, 2.45) is 5.73 Å². The zero-order valence-corrected chi connectivity index (χ0v) is 12.0. The first kappa shape index (κ1) is 14.2. The van der Waals surface area contributed by atoms with Crippen molar-refractivity contribution in [1.82, 2.24) is 14.8 Å². The average Bonchev–Trinajstić information content (AvgIpc) is 2.42. The number of likely N-dealkylation sites (N-methyl/N-ethyl adjacent to an activating group) is 2. The van der Waals surface area contributed by atoms with E-state index in [1.54, 1.807) is 13.3 Å². The van der Waals surface area contributed by atoms with Crippen molar-refractivity contribution < 1.29 is 4.74 Å². The van der Waals surface area contributed by atoms with Crippen LogP contribution in [-0.2, 0) is 0 Å². The molecule has 0 aliphatic carbocycles. The summed E-state index contributed by atoms with van der Waals surface area (Å²) in [6, 6.07) is 4.17. The van der Waals surface area contributed by atoms with E-state index in [4.69, 9.17) is 10.5 Å². The summed E-state index contributed by atoms with van der Waals surface area (Å²) in [7, 11) is 5.99. The highest BCUT2D eigenvalue weighted by Crippen LogP contribution is 2.25. The summed E-state index contributed by atoms with van der Waals surface area (Å²) in [4.78, 5) is 9.12. The zero-order chi connectivity index (χ0) is 13.8. The van der Waals surface area contributed by atoms with Crippen LogP contribution in [0.25, 0.3) is 0 Å². The van der Waals surface area contributed by atoms with Gasteiger partial charge in [0.05, 0.1) is 18.8 Å². The van der Waals surface area contributed by atoms with Crippen molar-refractivity contribution in [2.45, 2.75) is 18.5 Å². The van der Waals surface area contributed by atoms with Gasteiger partial charge < -0.3 is 20.3 Å². The van der Waals surface area contributed by atoms with Gasteiger partial charge in [-0.3, -0.25) is 4.98 Å². The molecule has 1 aromatic heterocycles. The quantitative estimate of drug-likeness (QED) is 0.868. The minimum absolute atomic E-state index is 0.0879. The molecule has 1 aliphatic rings. The van der Waals surface area contributed by atoms with E-state index < -0.39 is 0 Å². The van der Waals surface area contributed by atoms with Crippen molar-refractivity contribution in [1.29, 1.82) is 0 Å². The molecule has 2 rings (SSSR count). The third kappa shape index (κ3) is 3.43. The maximum Gasteiger partial charge on any atom is 0.141 e. The second-order valence-corrected chi connectivity index (χ2v) is 5.33. The van der Waals surface area contributed by atoms with Crippen molar-refractivity contribution in [2.75, 3.05) is 40.8 Å². The van der Waals surface area contributed by atoms with E-state index in [-0.39, 0.29) is 6.04 Å². The molecular formula is C14H24N4O. The van der Waals surface area contributed by atoms with Crippen molar-refractivity contribution in [3.63, 3.8) is 0 Å². The molecule has 1 aliphatic heterocycles. The van der Waals surface area contributed by atoms with Crippen molar-refractivity contribution in [3.05, 3.63) is 24.0 Å². The molecule has 1 aromatic rings. The lowest BCUT2D eigenvalue weighted by atomic mass is 10.0. The number of rotatable bonds is 4. The number of pyridine rings is 1. The minimum Gasteiger partial charge on any atom is -0.495 e. The predicted octanol–water partition coefficient (Wildman–Crippen LogP) is 0.726. The number of methoxy groups -OCH3 is 1. The third-order valence-corrected chi connectivity index (χ3v) is 3.88. The normalized spacial score (nSPS) is 23.3. The van der Waals surface area contributed by atoms with Gasteiger partial charge in [0.1, 0.15) is 5.75 Å². The lowest BCUT2D eigenvalue weighted by Gasteiger charge is -2.38. The Kier molecular flexibility index (Phi) is 4.74. The number of piperazine rings is 1. The van der Waals surface area contributed by atoms with Crippen molar-refractivity contribution in [3.8, 4) is 5.75 Å². The summed E-state index contributed by atoms with van der Waals surface area (Å²) >= 11 is 0. The van der Waals surface area contributed by atoms with E-state index in [2.05, 4.69) is 28.9 Å². The van der Waals surface area contributed by atoms with Crippen LogP contribution >= 0.6 is 0 Å². The maximum absolute atomic E-state index is 6.32. The molecule has 0 amide bonds. The molecule has 1 fully saturated rings. The van der Waals surface area contributed by atoms with Gasteiger partial charge >= 0.3 is 0 Å². The van der Waals surface area contributed by atoms with E-state index >= 15 is 0 Å². The number of ether oxygens (including phenoxy) is 1. The van der Waals surface area contributed by atoms with Gasteiger partial charge in [-0.05, 0) is 32.6 Å². The number of hydrogen-bond donors (Lipinski definition) is 1. The topological polar surface area (TPSA) is 54.6 Å². The summed E-state index contributed by atoms with van der Waals surface area (Å²) < 4.78 is 5.34. The van der Waals surface area contributed by atoms with E-state index in [9.17, 15) is 0 Å². The molecule has 0 spiro atoms. The molecule has 1 saturated heterocycles. The predicted molar refractivity (Wildman–Crippen MR) is 76.2 cm³/mol. The van der Waals surface area contributed by atoms with E-state index in [0.29, 0.717) is 6.04 Å². The Morgan fingerprint density at radius 1 is 1.47 bits per heavy atom. The molecule has 2 unspecified atom stereocenters. The molecule has 2 N–H and O–H groups in total. The van der Waals surface area contributed by atoms with Gasteiger partial charge in [-0.2, -0.15) is 0 Å². The van der Waals surface area contributed by atoms with E-state index in [1.165, 1.54) is 0 Å². The van der Waals surface area contributed by atoms with Gasteiger partial charge in [0.25, 0.3) is 0 Å². The fraction of sp³-hybridized carbons (Fsp3) is 0.643. The fourth-order valence-electron chi connectivity index (χ4n) is 2.61. The van der Waals surface area contributed by atoms with Gasteiger partial charge in [-0.15, -0.1) is 0 Å².